The Morgan fingerprint density at radius 2 is 1.74 bits per heavy atom. The van der Waals surface area contributed by atoms with Crippen LogP contribution in [0.25, 0.3) is 33.5 Å². The molecule has 1 fully saturated rings. The van der Waals surface area contributed by atoms with Gasteiger partial charge in [0.05, 0.1) is 29.3 Å². The highest BCUT2D eigenvalue weighted by atomic mass is 35.5. The predicted molar refractivity (Wildman–Crippen MR) is 128 cm³/mol. The molecule has 1 saturated carbocycles. The van der Waals surface area contributed by atoms with E-state index in [9.17, 15) is 4.79 Å². The summed E-state index contributed by atoms with van der Waals surface area (Å²) in [6.45, 7) is 0. The number of aromatic nitrogens is 4. The van der Waals surface area contributed by atoms with E-state index >= 15 is 0 Å². The van der Waals surface area contributed by atoms with Gasteiger partial charge in [0.25, 0.3) is 6.01 Å². The number of nitrogens with one attached hydrogen (secondary N) is 1. The van der Waals surface area contributed by atoms with Gasteiger partial charge in [0.15, 0.2) is 5.65 Å². The maximum atomic E-state index is 11.1. The van der Waals surface area contributed by atoms with E-state index in [4.69, 9.17) is 26.2 Å². The van der Waals surface area contributed by atoms with Crippen LogP contribution in [0.4, 0.5) is 0 Å². The van der Waals surface area contributed by atoms with Crippen LogP contribution < -0.4 is 9.47 Å². The zero-order valence-electron chi connectivity index (χ0n) is 18.5. The number of nitrogens with zero attached hydrogens (tertiary/aromatic N) is 3. The number of H-pyrrole nitrogens is 1. The van der Waals surface area contributed by atoms with Gasteiger partial charge in [0.2, 0.25) is 5.88 Å². The van der Waals surface area contributed by atoms with E-state index in [0.717, 1.165) is 16.7 Å². The molecule has 0 saturated heterocycles. The molecular weight excluding hydrogens is 456 g/mol. The van der Waals surface area contributed by atoms with Crippen LogP contribution in [0.5, 0.6) is 11.9 Å². The van der Waals surface area contributed by atoms with Crippen molar-refractivity contribution in [2.75, 3.05) is 7.11 Å². The number of carboxylic acids is 1. The Morgan fingerprint density at radius 3 is 2.38 bits per heavy atom. The number of halogens is 1. The molecule has 174 valence electrons. The van der Waals surface area contributed by atoms with Crippen LogP contribution in [-0.2, 0) is 4.79 Å². The standard InChI is InChI=1S/C25H23ClN4O4/c1-33-21-11-8-17(13-27-21)14-2-4-15(5-3-14)22-19(26)12-20-23(29-22)30-25(28-20)34-18-9-6-16(7-10-18)24(31)32/h2-5,8,11-13,16,18H,6-7,9-10H2,1H3,(H,31,32)(H,28,29,30)/t16-,18-. The minimum atomic E-state index is -0.734. The number of hydrogen-bond acceptors (Lipinski definition) is 6. The summed E-state index contributed by atoms with van der Waals surface area (Å²) in [6, 6.07) is 13.9. The smallest absolute Gasteiger partial charge is 0.306 e. The zero-order valence-corrected chi connectivity index (χ0v) is 19.2. The fourth-order valence-corrected chi connectivity index (χ4v) is 4.49. The number of aromatic amines is 1. The average molecular weight is 479 g/mol. The molecule has 8 nitrogen and oxygen atoms in total. The van der Waals surface area contributed by atoms with Crippen LogP contribution >= 0.6 is 11.6 Å². The number of ether oxygens (including phenoxy) is 2. The van der Waals surface area contributed by atoms with E-state index in [1.54, 1.807) is 19.4 Å². The molecule has 2 N–H and O–H groups in total. The molecule has 4 aromatic rings. The third kappa shape index (κ3) is 4.54. The molecular formula is C25H23ClN4O4. The molecule has 0 unspecified atom stereocenters. The Labute approximate surface area is 200 Å². The first-order valence-electron chi connectivity index (χ1n) is 11.1. The molecule has 1 aromatic carbocycles. The van der Waals surface area contributed by atoms with Crippen LogP contribution in [0.2, 0.25) is 5.02 Å². The fourth-order valence-electron chi connectivity index (χ4n) is 4.23. The van der Waals surface area contributed by atoms with E-state index in [-0.39, 0.29) is 12.0 Å². The Balaban J connectivity index is 1.34. The SMILES string of the molecule is COc1ccc(-c2ccc(-c3nc4nc(O[C@H]5CC[C@H](C(=O)O)CC5)[nH]c4cc3Cl)cc2)cn1. The molecule has 3 heterocycles. The predicted octanol–water partition coefficient (Wildman–Crippen LogP) is 5.37. The third-order valence-corrected chi connectivity index (χ3v) is 6.43. The molecule has 34 heavy (non-hydrogen) atoms. The Hall–Kier alpha value is -3.65. The van der Waals surface area contributed by atoms with Crippen molar-refractivity contribution in [1.82, 2.24) is 19.9 Å². The molecule has 1 aliphatic carbocycles. The number of rotatable bonds is 6. The fraction of sp³-hybridized carbons (Fsp3) is 0.280. The summed E-state index contributed by atoms with van der Waals surface area (Å²) in [5.74, 6) is -0.451. The second-order valence-electron chi connectivity index (χ2n) is 8.33. The first-order valence-corrected chi connectivity index (χ1v) is 11.4. The van der Waals surface area contributed by atoms with Crippen molar-refractivity contribution in [3.05, 3.63) is 53.7 Å². The number of aliphatic carboxylic acids is 1. The number of imidazole rings is 1. The lowest BCUT2D eigenvalue weighted by molar-refractivity contribution is -0.143. The Morgan fingerprint density at radius 1 is 1.03 bits per heavy atom. The van der Waals surface area contributed by atoms with Crippen LogP contribution in [0.1, 0.15) is 25.7 Å². The second-order valence-corrected chi connectivity index (χ2v) is 8.74. The summed E-state index contributed by atoms with van der Waals surface area (Å²) in [5, 5.41) is 9.66. The average Bonchev–Trinajstić information content (AvgIpc) is 3.25. The Bertz CT molecular complexity index is 1310. The summed E-state index contributed by atoms with van der Waals surface area (Å²) in [4.78, 5) is 27.7. The van der Waals surface area contributed by atoms with Crippen molar-refractivity contribution in [1.29, 1.82) is 0 Å². The van der Waals surface area contributed by atoms with Crippen molar-refractivity contribution < 1.29 is 19.4 Å². The summed E-state index contributed by atoms with van der Waals surface area (Å²) in [5.41, 5.74) is 4.70. The highest BCUT2D eigenvalue weighted by molar-refractivity contribution is 6.33. The van der Waals surface area contributed by atoms with Gasteiger partial charge in [-0.1, -0.05) is 35.9 Å². The van der Waals surface area contributed by atoms with Crippen LogP contribution in [0, 0.1) is 5.92 Å². The minimum Gasteiger partial charge on any atom is -0.481 e. The number of hydrogen-bond donors (Lipinski definition) is 2. The summed E-state index contributed by atoms with van der Waals surface area (Å²) in [6.07, 6.45) is 4.29. The van der Waals surface area contributed by atoms with Crippen LogP contribution in [-0.4, -0.2) is 44.2 Å². The summed E-state index contributed by atoms with van der Waals surface area (Å²) >= 11 is 6.54. The van der Waals surface area contributed by atoms with Gasteiger partial charge in [-0.25, -0.2) is 9.97 Å². The lowest BCUT2D eigenvalue weighted by Crippen LogP contribution is -2.28. The van der Waals surface area contributed by atoms with Gasteiger partial charge < -0.3 is 19.6 Å². The van der Waals surface area contributed by atoms with Crippen molar-refractivity contribution >= 4 is 28.7 Å². The first kappa shape index (κ1) is 22.2. The Kier molecular flexibility index (Phi) is 6.06. The van der Waals surface area contributed by atoms with Crippen LogP contribution in [0.3, 0.4) is 0 Å². The van der Waals surface area contributed by atoms with Gasteiger partial charge >= 0.3 is 5.97 Å². The van der Waals surface area contributed by atoms with Gasteiger partial charge in [0, 0.05) is 23.4 Å². The number of benzene rings is 1. The van der Waals surface area contributed by atoms with E-state index in [0.29, 0.717) is 59.5 Å². The van der Waals surface area contributed by atoms with Gasteiger partial charge in [-0.3, -0.25) is 4.79 Å². The zero-order chi connectivity index (χ0) is 23.7. The molecule has 0 atom stereocenters. The van der Waals surface area contributed by atoms with E-state index in [1.807, 2.05) is 36.4 Å². The van der Waals surface area contributed by atoms with Crippen molar-refractivity contribution in [3.63, 3.8) is 0 Å². The first-order chi connectivity index (χ1) is 16.5. The number of pyridine rings is 2. The maximum absolute atomic E-state index is 11.1. The van der Waals surface area contributed by atoms with Gasteiger partial charge in [-0.05, 0) is 43.4 Å². The molecule has 9 heteroatoms. The van der Waals surface area contributed by atoms with Crippen molar-refractivity contribution in [3.8, 4) is 34.3 Å². The second kappa shape index (κ2) is 9.30. The van der Waals surface area contributed by atoms with Gasteiger partial charge in [-0.15, -0.1) is 0 Å². The molecule has 0 spiro atoms. The molecule has 0 radical (unpaired) electrons. The highest BCUT2D eigenvalue weighted by Gasteiger charge is 2.27. The monoisotopic (exact) mass is 478 g/mol. The number of carboxylic acid groups (broad SMARTS) is 1. The quantitative estimate of drug-likeness (QED) is 0.383. The molecule has 5 rings (SSSR count). The minimum absolute atomic E-state index is 0.0638. The number of carbonyl (C=O) groups is 1. The van der Waals surface area contributed by atoms with Gasteiger partial charge in [0.1, 0.15) is 6.10 Å². The maximum Gasteiger partial charge on any atom is 0.306 e. The highest BCUT2D eigenvalue weighted by Crippen LogP contribution is 2.32. The molecule has 0 amide bonds. The lowest BCUT2D eigenvalue weighted by atomic mass is 9.87. The topological polar surface area (TPSA) is 110 Å². The normalized spacial score (nSPS) is 18.1. The van der Waals surface area contributed by atoms with Gasteiger partial charge in [-0.2, -0.15) is 4.98 Å². The van der Waals surface area contributed by atoms with E-state index in [1.165, 1.54) is 0 Å². The van der Waals surface area contributed by atoms with Crippen LogP contribution in [0.15, 0.2) is 48.7 Å². The molecule has 0 aliphatic heterocycles. The molecule has 0 bridgehead atoms. The lowest BCUT2D eigenvalue weighted by Gasteiger charge is -2.25. The number of fused-ring (bicyclic) bond motifs is 1. The van der Waals surface area contributed by atoms with E-state index < -0.39 is 5.97 Å². The molecule has 1 aliphatic rings. The third-order valence-electron chi connectivity index (χ3n) is 6.14. The van der Waals surface area contributed by atoms with E-state index in [2.05, 4.69) is 19.9 Å². The number of methoxy groups -OCH3 is 1. The largest absolute Gasteiger partial charge is 0.481 e. The summed E-state index contributed by atoms with van der Waals surface area (Å²) in [7, 11) is 1.59. The molecule has 3 aromatic heterocycles. The summed E-state index contributed by atoms with van der Waals surface area (Å²) < 4.78 is 11.1. The van der Waals surface area contributed by atoms with Crippen molar-refractivity contribution in [2.24, 2.45) is 5.92 Å². The van der Waals surface area contributed by atoms with Crippen molar-refractivity contribution in [2.45, 2.75) is 31.8 Å².